The SMILES string of the molecule is C[C@@H](NC(=O)C1CCC1)C(=O)NCCOc1cccc2ccccc12. The van der Waals surface area contributed by atoms with Crippen LogP contribution in [0.25, 0.3) is 10.8 Å². The molecule has 0 radical (unpaired) electrons. The molecule has 0 aromatic heterocycles. The summed E-state index contributed by atoms with van der Waals surface area (Å²) in [5, 5.41) is 7.75. The van der Waals surface area contributed by atoms with Crippen molar-refractivity contribution < 1.29 is 14.3 Å². The lowest BCUT2D eigenvalue weighted by Crippen LogP contribution is -2.48. The van der Waals surface area contributed by atoms with E-state index in [4.69, 9.17) is 4.74 Å². The number of fused-ring (bicyclic) bond motifs is 1. The Morgan fingerprint density at radius 2 is 1.92 bits per heavy atom. The molecule has 2 aromatic carbocycles. The quantitative estimate of drug-likeness (QED) is 0.762. The summed E-state index contributed by atoms with van der Waals surface area (Å²) in [4.78, 5) is 23.9. The average molecular weight is 340 g/mol. The molecule has 5 heteroatoms. The van der Waals surface area contributed by atoms with Gasteiger partial charge >= 0.3 is 0 Å². The third-order valence-corrected chi connectivity index (χ3v) is 4.64. The first-order valence-electron chi connectivity index (χ1n) is 8.84. The second-order valence-corrected chi connectivity index (χ2v) is 6.47. The van der Waals surface area contributed by atoms with Gasteiger partial charge in [-0.1, -0.05) is 42.8 Å². The van der Waals surface area contributed by atoms with Gasteiger partial charge in [0.1, 0.15) is 18.4 Å². The molecule has 0 heterocycles. The largest absolute Gasteiger partial charge is 0.491 e. The molecular weight excluding hydrogens is 316 g/mol. The molecule has 1 saturated carbocycles. The number of ether oxygens (including phenoxy) is 1. The Hall–Kier alpha value is -2.56. The molecule has 1 fully saturated rings. The molecule has 1 aliphatic rings. The molecule has 25 heavy (non-hydrogen) atoms. The fraction of sp³-hybridized carbons (Fsp3) is 0.400. The molecule has 0 aliphatic heterocycles. The predicted molar refractivity (Wildman–Crippen MR) is 97.4 cm³/mol. The molecule has 0 saturated heterocycles. The highest BCUT2D eigenvalue weighted by molar-refractivity contribution is 5.89. The fourth-order valence-corrected chi connectivity index (χ4v) is 2.88. The van der Waals surface area contributed by atoms with Crippen molar-refractivity contribution in [2.24, 2.45) is 5.92 Å². The van der Waals surface area contributed by atoms with Crippen molar-refractivity contribution in [1.29, 1.82) is 0 Å². The van der Waals surface area contributed by atoms with E-state index in [0.29, 0.717) is 13.2 Å². The maximum atomic E-state index is 12.0. The molecule has 2 amide bonds. The van der Waals surface area contributed by atoms with Crippen molar-refractivity contribution in [3.8, 4) is 5.75 Å². The number of hydrogen-bond donors (Lipinski definition) is 2. The van der Waals surface area contributed by atoms with Gasteiger partial charge in [-0.3, -0.25) is 9.59 Å². The standard InChI is InChI=1S/C20H24N2O3/c1-14(22-20(24)16-8-4-9-16)19(23)21-12-13-25-18-11-5-7-15-6-2-3-10-17(15)18/h2-3,5-7,10-11,14,16H,4,8-9,12-13H2,1H3,(H,21,23)(H,22,24)/t14-/m1/s1. The average Bonchev–Trinajstić information content (AvgIpc) is 2.56. The number of carbonyl (C=O) groups is 2. The highest BCUT2D eigenvalue weighted by Gasteiger charge is 2.27. The number of benzene rings is 2. The van der Waals surface area contributed by atoms with E-state index in [-0.39, 0.29) is 17.7 Å². The summed E-state index contributed by atoms with van der Waals surface area (Å²) >= 11 is 0. The third-order valence-electron chi connectivity index (χ3n) is 4.64. The van der Waals surface area contributed by atoms with Crippen molar-refractivity contribution >= 4 is 22.6 Å². The molecule has 0 spiro atoms. The van der Waals surface area contributed by atoms with E-state index in [9.17, 15) is 9.59 Å². The van der Waals surface area contributed by atoms with Crippen LogP contribution in [-0.2, 0) is 9.59 Å². The monoisotopic (exact) mass is 340 g/mol. The minimum absolute atomic E-state index is 0.0131. The summed E-state index contributed by atoms with van der Waals surface area (Å²) in [5.41, 5.74) is 0. The van der Waals surface area contributed by atoms with Gasteiger partial charge in [-0.25, -0.2) is 0 Å². The van der Waals surface area contributed by atoms with Crippen LogP contribution in [0.5, 0.6) is 5.75 Å². The Bertz CT molecular complexity index is 750. The summed E-state index contributed by atoms with van der Waals surface area (Å²) in [6.07, 6.45) is 2.96. The molecule has 0 bridgehead atoms. The van der Waals surface area contributed by atoms with Gasteiger partial charge in [-0.15, -0.1) is 0 Å². The van der Waals surface area contributed by atoms with Crippen LogP contribution < -0.4 is 15.4 Å². The topological polar surface area (TPSA) is 67.4 Å². The van der Waals surface area contributed by atoms with E-state index < -0.39 is 6.04 Å². The van der Waals surface area contributed by atoms with Gasteiger partial charge in [-0.05, 0) is 31.2 Å². The van der Waals surface area contributed by atoms with Gasteiger partial charge in [0.05, 0.1) is 6.54 Å². The van der Waals surface area contributed by atoms with Crippen molar-refractivity contribution in [2.75, 3.05) is 13.2 Å². The highest BCUT2D eigenvalue weighted by Crippen LogP contribution is 2.26. The van der Waals surface area contributed by atoms with Crippen LogP contribution >= 0.6 is 0 Å². The lowest BCUT2D eigenvalue weighted by Gasteiger charge is -2.25. The molecule has 2 aromatic rings. The second-order valence-electron chi connectivity index (χ2n) is 6.47. The molecule has 1 aliphatic carbocycles. The molecule has 2 N–H and O–H groups in total. The number of nitrogens with one attached hydrogen (secondary N) is 2. The van der Waals surface area contributed by atoms with Gasteiger partial charge < -0.3 is 15.4 Å². The van der Waals surface area contributed by atoms with Crippen LogP contribution in [0, 0.1) is 5.92 Å². The van der Waals surface area contributed by atoms with E-state index in [0.717, 1.165) is 35.8 Å². The smallest absolute Gasteiger partial charge is 0.242 e. The lowest BCUT2D eigenvalue weighted by molar-refractivity contribution is -0.132. The molecular formula is C20H24N2O3. The minimum atomic E-state index is -0.523. The van der Waals surface area contributed by atoms with Gasteiger partial charge in [-0.2, -0.15) is 0 Å². The Morgan fingerprint density at radius 1 is 1.16 bits per heavy atom. The first kappa shape index (κ1) is 17.3. The Kier molecular flexibility index (Phi) is 5.53. The van der Waals surface area contributed by atoms with E-state index in [1.54, 1.807) is 6.92 Å². The first-order valence-corrected chi connectivity index (χ1v) is 8.84. The molecule has 1 atom stereocenters. The van der Waals surface area contributed by atoms with Crippen molar-refractivity contribution in [3.63, 3.8) is 0 Å². The fourth-order valence-electron chi connectivity index (χ4n) is 2.88. The van der Waals surface area contributed by atoms with Crippen molar-refractivity contribution in [1.82, 2.24) is 10.6 Å². The van der Waals surface area contributed by atoms with E-state index in [2.05, 4.69) is 10.6 Å². The number of rotatable bonds is 7. The van der Waals surface area contributed by atoms with Crippen LogP contribution in [0.4, 0.5) is 0 Å². The maximum Gasteiger partial charge on any atom is 0.242 e. The highest BCUT2D eigenvalue weighted by atomic mass is 16.5. The number of hydrogen-bond acceptors (Lipinski definition) is 3. The van der Waals surface area contributed by atoms with Crippen LogP contribution in [0.2, 0.25) is 0 Å². The summed E-state index contributed by atoms with van der Waals surface area (Å²) in [5.74, 6) is 0.693. The zero-order valence-corrected chi connectivity index (χ0v) is 14.5. The summed E-state index contributed by atoms with van der Waals surface area (Å²) in [7, 11) is 0. The van der Waals surface area contributed by atoms with E-state index in [1.807, 2.05) is 42.5 Å². The van der Waals surface area contributed by atoms with Gasteiger partial charge in [0.25, 0.3) is 0 Å². The van der Waals surface area contributed by atoms with Gasteiger partial charge in [0.2, 0.25) is 11.8 Å². The first-order chi connectivity index (χ1) is 12.1. The zero-order valence-electron chi connectivity index (χ0n) is 14.5. The molecule has 0 unspecified atom stereocenters. The number of amides is 2. The molecule has 3 rings (SSSR count). The third kappa shape index (κ3) is 4.29. The minimum Gasteiger partial charge on any atom is -0.491 e. The summed E-state index contributed by atoms with van der Waals surface area (Å²) in [6, 6.07) is 13.4. The number of carbonyl (C=O) groups excluding carboxylic acids is 2. The summed E-state index contributed by atoms with van der Waals surface area (Å²) in [6.45, 7) is 2.48. The normalized spacial score (nSPS) is 15.2. The van der Waals surface area contributed by atoms with Gasteiger partial charge in [0.15, 0.2) is 0 Å². The maximum absolute atomic E-state index is 12.0. The van der Waals surface area contributed by atoms with E-state index in [1.165, 1.54) is 0 Å². The van der Waals surface area contributed by atoms with E-state index >= 15 is 0 Å². The summed E-state index contributed by atoms with van der Waals surface area (Å²) < 4.78 is 5.79. The molecule has 5 nitrogen and oxygen atoms in total. The van der Waals surface area contributed by atoms with Crippen molar-refractivity contribution in [3.05, 3.63) is 42.5 Å². The predicted octanol–water partition coefficient (Wildman–Crippen LogP) is 2.64. The Balaban J connectivity index is 1.43. The Labute approximate surface area is 147 Å². The van der Waals surface area contributed by atoms with Crippen molar-refractivity contribution in [2.45, 2.75) is 32.2 Å². The van der Waals surface area contributed by atoms with Crippen LogP contribution in [-0.4, -0.2) is 31.0 Å². The Morgan fingerprint density at radius 3 is 2.68 bits per heavy atom. The molecule has 132 valence electrons. The van der Waals surface area contributed by atoms with Crippen LogP contribution in [0.3, 0.4) is 0 Å². The van der Waals surface area contributed by atoms with Crippen LogP contribution in [0.15, 0.2) is 42.5 Å². The lowest BCUT2D eigenvalue weighted by atomic mass is 9.84. The van der Waals surface area contributed by atoms with Crippen LogP contribution in [0.1, 0.15) is 26.2 Å². The second kappa shape index (κ2) is 8.01. The zero-order chi connectivity index (χ0) is 17.6. The van der Waals surface area contributed by atoms with Gasteiger partial charge in [0, 0.05) is 11.3 Å².